The predicted molar refractivity (Wildman–Crippen MR) is 139 cm³/mol. The van der Waals surface area contributed by atoms with E-state index in [2.05, 4.69) is 34.3 Å². The molecule has 1 aromatic heterocycles. The van der Waals surface area contributed by atoms with Gasteiger partial charge >= 0.3 is 5.97 Å². The van der Waals surface area contributed by atoms with Gasteiger partial charge in [-0.3, -0.25) is 14.3 Å². The summed E-state index contributed by atoms with van der Waals surface area (Å²) in [6.45, 7) is 2.94. The molecule has 1 aliphatic heterocycles. The highest BCUT2D eigenvalue weighted by Crippen LogP contribution is 2.62. The first-order chi connectivity index (χ1) is 17.4. The maximum absolute atomic E-state index is 13.4. The molecule has 4 fully saturated rings. The fourth-order valence-corrected chi connectivity index (χ4v) is 7.48. The summed E-state index contributed by atoms with van der Waals surface area (Å²) in [6, 6.07) is 12.4. The number of carboxylic acid groups (broad SMARTS) is 1. The molecule has 36 heavy (non-hydrogen) atoms. The van der Waals surface area contributed by atoms with E-state index in [1.54, 1.807) is 12.3 Å². The number of hydrogen-bond acceptors (Lipinski definition) is 4. The number of aromatic nitrogens is 2. The van der Waals surface area contributed by atoms with Gasteiger partial charge in [0.05, 0.1) is 29.2 Å². The van der Waals surface area contributed by atoms with Crippen LogP contribution in [0, 0.1) is 29.1 Å². The lowest BCUT2D eigenvalue weighted by molar-refractivity contribution is -0.157. The number of Topliss-reactive ketones (excluding diaryl/α,β-unsaturated/α-hetero) is 1. The zero-order valence-electron chi connectivity index (χ0n) is 20.2. The summed E-state index contributed by atoms with van der Waals surface area (Å²) in [5.41, 5.74) is 4.09. The summed E-state index contributed by atoms with van der Waals surface area (Å²) in [4.78, 5) is 27.0. The van der Waals surface area contributed by atoms with Crippen LogP contribution < -0.4 is 4.90 Å². The molecular formula is C29H30ClN3O3. The SMILES string of the molecule is O=C(CC1CC2(C1)CC(C(=O)O)C2)c1ccc(Cl)c2cnn(Cc3ccc(N4C[C@H]5C[C@H]5C4)cc3)c12. The third kappa shape index (κ3) is 3.73. The number of hydrogen-bond donors (Lipinski definition) is 1. The summed E-state index contributed by atoms with van der Waals surface area (Å²) < 4.78 is 1.90. The van der Waals surface area contributed by atoms with Crippen molar-refractivity contribution in [2.45, 2.75) is 45.1 Å². The van der Waals surface area contributed by atoms with Crippen molar-refractivity contribution in [3.8, 4) is 0 Å². The van der Waals surface area contributed by atoms with Crippen LogP contribution in [-0.4, -0.2) is 39.7 Å². The summed E-state index contributed by atoms with van der Waals surface area (Å²) in [5.74, 6) is 1.39. The van der Waals surface area contributed by atoms with E-state index in [1.165, 1.54) is 25.2 Å². The van der Waals surface area contributed by atoms with Gasteiger partial charge in [-0.25, -0.2) is 0 Å². The zero-order chi connectivity index (χ0) is 24.6. The first-order valence-electron chi connectivity index (χ1n) is 13.1. The number of benzene rings is 2. The van der Waals surface area contributed by atoms with Crippen LogP contribution in [-0.2, 0) is 11.3 Å². The normalized spacial score (nSPS) is 30.2. The predicted octanol–water partition coefficient (Wildman–Crippen LogP) is 5.66. The summed E-state index contributed by atoms with van der Waals surface area (Å²) in [7, 11) is 0. The van der Waals surface area contributed by atoms with Crippen LogP contribution in [0.4, 0.5) is 5.69 Å². The molecule has 1 spiro atoms. The second-order valence-corrected chi connectivity index (χ2v) is 12.2. The number of carboxylic acids is 1. The molecule has 1 N–H and O–H groups in total. The molecule has 3 aromatic rings. The number of ketones is 1. The van der Waals surface area contributed by atoms with E-state index in [9.17, 15) is 14.7 Å². The number of rotatable bonds is 7. The smallest absolute Gasteiger partial charge is 0.306 e. The van der Waals surface area contributed by atoms with Crippen molar-refractivity contribution in [1.82, 2.24) is 9.78 Å². The average Bonchev–Trinajstić information content (AvgIpc) is 3.20. The second kappa shape index (κ2) is 8.07. The van der Waals surface area contributed by atoms with Crippen molar-refractivity contribution in [1.29, 1.82) is 0 Å². The Labute approximate surface area is 215 Å². The maximum Gasteiger partial charge on any atom is 0.306 e. The molecule has 0 amide bonds. The number of halogens is 1. The minimum absolute atomic E-state index is 0.121. The highest BCUT2D eigenvalue weighted by Gasteiger charge is 2.55. The minimum atomic E-state index is -0.681. The molecule has 0 radical (unpaired) electrons. The Morgan fingerprint density at radius 2 is 1.75 bits per heavy atom. The molecule has 2 aromatic carbocycles. The molecule has 7 heteroatoms. The fourth-order valence-electron chi connectivity index (χ4n) is 7.28. The van der Waals surface area contributed by atoms with Gasteiger partial charge in [0.25, 0.3) is 0 Å². The van der Waals surface area contributed by atoms with Crippen LogP contribution in [0.1, 0.15) is 54.4 Å². The van der Waals surface area contributed by atoms with Crippen molar-refractivity contribution in [3.05, 3.63) is 58.7 Å². The highest BCUT2D eigenvalue weighted by molar-refractivity contribution is 6.36. The number of aliphatic carboxylic acids is 1. The zero-order valence-corrected chi connectivity index (χ0v) is 21.0. The van der Waals surface area contributed by atoms with Gasteiger partial charge in [-0.15, -0.1) is 0 Å². The molecular weight excluding hydrogens is 474 g/mol. The molecule has 3 saturated carbocycles. The van der Waals surface area contributed by atoms with E-state index < -0.39 is 5.97 Å². The van der Waals surface area contributed by atoms with Crippen LogP contribution in [0.15, 0.2) is 42.6 Å². The Morgan fingerprint density at radius 1 is 1.03 bits per heavy atom. The molecule has 186 valence electrons. The third-order valence-electron chi connectivity index (χ3n) is 9.29. The molecule has 0 bridgehead atoms. The van der Waals surface area contributed by atoms with Crippen molar-refractivity contribution in [3.63, 3.8) is 0 Å². The van der Waals surface area contributed by atoms with Crippen molar-refractivity contribution in [2.75, 3.05) is 18.0 Å². The van der Waals surface area contributed by atoms with Gasteiger partial charge < -0.3 is 10.0 Å². The van der Waals surface area contributed by atoms with Gasteiger partial charge in [-0.2, -0.15) is 5.10 Å². The van der Waals surface area contributed by atoms with Crippen LogP contribution in [0.3, 0.4) is 0 Å². The lowest BCUT2D eigenvalue weighted by Crippen LogP contribution is -2.50. The van der Waals surface area contributed by atoms with E-state index in [4.69, 9.17) is 11.6 Å². The molecule has 2 heterocycles. The molecule has 0 unspecified atom stereocenters. The summed E-state index contributed by atoms with van der Waals surface area (Å²) in [5, 5.41) is 15.2. The standard InChI is InChI=1S/C29H30ClN3O3/c30-25-6-5-23(26(34)7-18-9-29(10-18)11-21(12-29)28(35)36)27-24(25)13-31-33(27)14-17-1-3-22(4-2-17)32-15-19-8-20(19)16-32/h1-6,13,18-21H,7-12,14-16H2,(H,35,36)/t18?,19-,20+,21?,29?. The first-order valence-corrected chi connectivity index (χ1v) is 13.5. The average molecular weight is 504 g/mol. The van der Waals surface area contributed by atoms with Crippen LogP contribution >= 0.6 is 11.6 Å². The Kier molecular flexibility index (Phi) is 5.01. The Hall–Kier alpha value is -2.86. The lowest BCUT2D eigenvalue weighted by Gasteiger charge is -2.56. The van der Waals surface area contributed by atoms with E-state index in [0.717, 1.165) is 54.0 Å². The van der Waals surface area contributed by atoms with Gasteiger partial charge in [0, 0.05) is 36.1 Å². The largest absolute Gasteiger partial charge is 0.481 e. The second-order valence-electron chi connectivity index (χ2n) is 11.8. The summed E-state index contributed by atoms with van der Waals surface area (Å²) >= 11 is 6.49. The minimum Gasteiger partial charge on any atom is -0.481 e. The number of piperidine rings is 1. The van der Waals surface area contributed by atoms with Gasteiger partial charge in [0.1, 0.15) is 0 Å². The number of carbonyl (C=O) groups excluding carboxylic acids is 1. The van der Waals surface area contributed by atoms with Crippen molar-refractivity contribution >= 4 is 39.9 Å². The van der Waals surface area contributed by atoms with E-state index in [1.807, 2.05) is 10.7 Å². The maximum atomic E-state index is 13.4. The van der Waals surface area contributed by atoms with Gasteiger partial charge in [0.15, 0.2) is 5.78 Å². The molecule has 2 atom stereocenters. The first kappa shape index (κ1) is 22.3. The number of nitrogens with zero attached hydrogens (tertiary/aromatic N) is 3. The lowest BCUT2D eigenvalue weighted by atomic mass is 9.47. The van der Waals surface area contributed by atoms with Crippen molar-refractivity contribution < 1.29 is 14.7 Å². The van der Waals surface area contributed by atoms with Gasteiger partial charge in [-0.05, 0) is 85.1 Å². The molecule has 7 rings (SSSR count). The Balaban J connectivity index is 1.07. The van der Waals surface area contributed by atoms with Gasteiger partial charge in [-0.1, -0.05) is 23.7 Å². The fraction of sp³-hybridized carbons (Fsp3) is 0.483. The third-order valence-corrected chi connectivity index (χ3v) is 9.62. The van der Waals surface area contributed by atoms with Crippen LogP contribution in [0.2, 0.25) is 5.02 Å². The molecule has 4 aliphatic rings. The highest BCUT2D eigenvalue weighted by atomic mass is 35.5. The van der Waals surface area contributed by atoms with E-state index >= 15 is 0 Å². The number of anilines is 1. The molecule has 6 nitrogen and oxygen atoms in total. The quantitative estimate of drug-likeness (QED) is 0.421. The van der Waals surface area contributed by atoms with E-state index in [-0.39, 0.29) is 17.1 Å². The summed E-state index contributed by atoms with van der Waals surface area (Å²) in [6.07, 6.45) is 7.11. The van der Waals surface area contributed by atoms with Crippen LogP contribution in [0.5, 0.6) is 0 Å². The monoisotopic (exact) mass is 503 g/mol. The topological polar surface area (TPSA) is 75.4 Å². The number of fused-ring (bicyclic) bond motifs is 2. The molecule has 3 aliphatic carbocycles. The van der Waals surface area contributed by atoms with Crippen molar-refractivity contribution in [2.24, 2.45) is 29.1 Å². The van der Waals surface area contributed by atoms with Crippen LogP contribution in [0.25, 0.3) is 10.9 Å². The van der Waals surface area contributed by atoms with E-state index in [0.29, 0.717) is 29.5 Å². The van der Waals surface area contributed by atoms with Gasteiger partial charge in [0.2, 0.25) is 0 Å². The molecule has 1 saturated heterocycles. The number of carbonyl (C=O) groups is 2. The Morgan fingerprint density at radius 3 is 2.44 bits per heavy atom. The Bertz CT molecular complexity index is 1360.